The van der Waals surface area contributed by atoms with Gasteiger partial charge in [-0.3, -0.25) is 9.78 Å². The molecule has 0 radical (unpaired) electrons. The molecule has 0 atom stereocenters. The van der Waals surface area contributed by atoms with Gasteiger partial charge in [0.1, 0.15) is 5.75 Å². The van der Waals surface area contributed by atoms with E-state index in [1.807, 2.05) is 18.2 Å². The van der Waals surface area contributed by atoms with Gasteiger partial charge in [-0.15, -0.1) is 0 Å². The lowest BCUT2D eigenvalue weighted by Crippen LogP contribution is -2.11. The molecule has 0 fully saturated rings. The second-order valence-corrected chi connectivity index (χ2v) is 6.90. The third-order valence-electron chi connectivity index (χ3n) is 4.76. The summed E-state index contributed by atoms with van der Waals surface area (Å²) in [6.45, 7) is 0.304. The van der Waals surface area contributed by atoms with E-state index in [0.29, 0.717) is 30.0 Å². The number of carbonyl (C=O) groups excluding carboxylic acids is 1. The van der Waals surface area contributed by atoms with E-state index in [9.17, 15) is 18.0 Å². The Morgan fingerprint density at radius 3 is 2.61 bits per heavy atom. The van der Waals surface area contributed by atoms with E-state index in [1.165, 1.54) is 18.3 Å². The van der Waals surface area contributed by atoms with Crippen molar-refractivity contribution in [2.75, 3.05) is 11.9 Å². The van der Waals surface area contributed by atoms with Crippen LogP contribution in [0.25, 0.3) is 10.9 Å². The zero-order valence-corrected chi connectivity index (χ0v) is 16.2. The maximum atomic E-state index is 12.6. The van der Waals surface area contributed by atoms with E-state index < -0.39 is 11.7 Å². The summed E-state index contributed by atoms with van der Waals surface area (Å²) in [6, 6.07) is 13.8. The fourth-order valence-electron chi connectivity index (χ4n) is 3.15. The van der Waals surface area contributed by atoms with Crippen LogP contribution in [0.15, 0.2) is 73.2 Å². The maximum Gasteiger partial charge on any atom is 0.416 e. The number of ether oxygens (including phenoxy) is 1. The average molecular weight is 425 g/mol. The number of pyridine rings is 1. The van der Waals surface area contributed by atoms with Crippen molar-refractivity contribution in [3.63, 3.8) is 0 Å². The van der Waals surface area contributed by atoms with Crippen molar-refractivity contribution in [2.45, 2.75) is 12.6 Å². The van der Waals surface area contributed by atoms with Gasteiger partial charge in [0.2, 0.25) is 0 Å². The lowest BCUT2D eigenvalue weighted by molar-refractivity contribution is -0.137. The van der Waals surface area contributed by atoms with E-state index in [0.717, 1.165) is 28.6 Å². The highest BCUT2D eigenvalue weighted by atomic mass is 19.4. The van der Waals surface area contributed by atoms with Crippen LogP contribution in [0, 0.1) is 0 Å². The molecule has 0 aliphatic carbocycles. The number of benzene rings is 2. The standard InChI is InChI=1S/C23H18F3N3O2/c24-23(25,26)17-4-6-18(7-5-17)31-11-9-15-3-8-20-19(12-15)21(14-28-20)29-22(30)16-2-1-10-27-13-16/h1-8,10,12-14,28H,9,11H2,(H,29,30). The number of aromatic nitrogens is 2. The Bertz CT molecular complexity index is 1190. The molecule has 158 valence electrons. The first-order valence-electron chi connectivity index (χ1n) is 9.51. The predicted octanol–water partition coefficient (Wildman–Crippen LogP) is 5.46. The predicted molar refractivity (Wildman–Crippen MR) is 111 cm³/mol. The largest absolute Gasteiger partial charge is 0.493 e. The quantitative estimate of drug-likeness (QED) is 0.431. The van der Waals surface area contributed by atoms with Crippen molar-refractivity contribution in [3.8, 4) is 5.75 Å². The number of carbonyl (C=O) groups is 1. The number of rotatable bonds is 6. The number of nitrogens with one attached hydrogen (secondary N) is 2. The van der Waals surface area contributed by atoms with Crippen LogP contribution < -0.4 is 10.1 Å². The van der Waals surface area contributed by atoms with Crippen LogP contribution >= 0.6 is 0 Å². The molecule has 2 aromatic carbocycles. The fourth-order valence-corrected chi connectivity index (χ4v) is 3.15. The number of hydrogen-bond acceptors (Lipinski definition) is 3. The fraction of sp³-hybridized carbons (Fsp3) is 0.130. The lowest BCUT2D eigenvalue weighted by Gasteiger charge is -2.09. The van der Waals surface area contributed by atoms with E-state index in [1.54, 1.807) is 24.5 Å². The number of halogens is 3. The maximum absolute atomic E-state index is 12.6. The first-order chi connectivity index (χ1) is 14.9. The number of alkyl halides is 3. The molecular weight excluding hydrogens is 407 g/mol. The summed E-state index contributed by atoms with van der Waals surface area (Å²) in [5.74, 6) is 0.116. The molecule has 0 aliphatic rings. The molecule has 0 saturated heterocycles. The Kier molecular flexibility index (Phi) is 5.62. The van der Waals surface area contributed by atoms with Crippen molar-refractivity contribution in [3.05, 3.63) is 89.9 Å². The third kappa shape index (κ3) is 4.85. The van der Waals surface area contributed by atoms with Crippen LogP contribution in [-0.4, -0.2) is 22.5 Å². The van der Waals surface area contributed by atoms with E-state index in [2.05, 4.69) is 15.3 Å². The molecular formula is C23H18F3N3O2. The second kappa shape index (κ2) is 8.51. The number of H-pyrrole nitrogens is 1. The summed E-state index contributed by atoms with van der Waals surface area (Å²) in [7, 11) is 0. The third-order valence-corrected chi connectivity index (χ3v) is 4.76. The van der Waals surface area contributed by atoms with Gasteiger partial charge in [0.05, 0.1) is 23.4 Å². The molecule has 8 heteroatoms. The molecule has 0 bridgehead atoms. The number of amides is 1. The minimum Gasteiger partial charge on any atom is -0.493 e. The van der Waals surface area contributed by atoms with E-state index >= 15 is 0 Å². The summed E-state index contributed by atoms with van der Waals surface area (Å²) >= 11 is 0. The summed E-state index contributed by atoms with van der Waals surface area (Å²) in [4.78, 5) is 19.5. The molecule has 0 aliphatic heterocycles. The SMILES string of the molecule is O=C(Nc1c[nH]c2ccc(CCOc3ccc(C(F)(F)F)cc3)cc12)c1cccnc1. The van der Waals surface area contributed by atoms with Crippen molar-refractivity contribution >= 4 is 22.5 Å². The molecule has 0 saturated carbocycles. The van der Waals surface area contributed by atoms with E-state index in [4.69, 9.17) is 4.74 Å². The van der Waals surface area contributed by atoms with Crippen molar-refractivity contribution in [2.24, 2.45) is 0 Å². The normalized spacial score (nSPS) is 11.5. The zero-order chi connectivity index (χ0) is 21.8. The molecule has 0 spiro atoms. The van der Waals surface area contributed by atoms with Gasteiger partial charge in [0, 0.05) is 35.9 Å². The minimum absolute atomic E-state index is 0.259. The Morgan fingerprint density at radius 2 is 1.90 bits per heavy atom. The topological polar surface area (TPSA) is 67.0 Å². The van der Waals surface area contributed by atoms with Crippen LogP contribution in [-0.2, 0) is 12.6 Å². The highest BCUT2D eigenvalue weighted by Gasteiger charge is 2.30. The highest BCUT2D eigenvalue weighted by Crippen LogP contribution is 2.30. The molecule has 0 unspecified atom stereocenters. The smallest absolute Gasteiger partial charge is 0.416 e. The molecule has 5 nitrogen and oxygen atoms in total. The minimum atomic E-state index is -4.37. The molecule has 2 heterocycles. The molecule has 31 heavy (non-hydrogen) atoms. The molecule has 2 aromatic heterocycles. The number of anilines is 1. The Labute approximate surface area is 175 Å². The Morgan fingerprint density at radius 1 is 1.10 bits per heavy atom. The number of aromatic amines is 1. The van der Waals surface area contributed by atoms with Crippen LogP contribution in [0.5, 0.6) is 5.75 Å². The van der Waals surface area contributed by atoms with E-state index in [-0.39, 0.29) is 5.91 Å². The Balaban J connectivity index is 1.41. The summed E-state index contributed by atoms with van der Waals surface area (Å²) in [5.41, 5.74) is 2.23. The van der Waals surface area contributed by atoms with Gasteiger partial charge in [0.25, 0.3) is 5.91 Å². The van der Waals surface area contributed by atoms with Gasteiger partial charge in [-0.1, -0.05) is 6.07 Å². The van der Waals surface area contributed by atoms with Crippen LogP contribution in [0.3, 0.4) is 0 Å². The molecule has 1 amide bonds. The average Bonchev–Trinajstić information content (AvgIpc) is 3.16. The van der Waals surface area contributed by atoms with Gasteiger partial charge in [-0.2, -0.15) is 13.2 Å². The summed E-state index contributed by atoms with van der Waals surface area (Å²) in [6.07, 6.45) is 1.00. The summed E-state index contributed by atoms with van der Waals surface area (Å²) < 4.78 is 43.5. The lowest BCUT2D eigenvalue weighted by atomic mass is 10.1. The van der Waals surface area contributed by atoms with Gasteiger partial charge in [-0.25, -0.2) is 0 Å². The number of hydrogen-bond donors (Lipinski definition) is 2. The van der Waals surface area contributed by atoms with Crippen LogP contribution in [0.4, 0.5) is 18.9 Å². The first-order valence-corrected chi connectivity index (χ1v) is 9.51. The van der Waals surface area contributed by atoms with Crippen LogP contribution in [0.1, 0.15) is 21.5 Å². The first kappa shape index (κ1) is 20.5. The van der Waals surface area contributed by atoms with Gasteiger partial charge in [-0.05, 0) is 54.1 Å². The number of nitrogens with zero attached hydrogens (tertiary/aromatic N) is 1. The van der Waals surface area contributed by atoms with Crippen molar-refractivity contribution < 1.29 is 22.7 Å². The second-order valence-electron chi connectivity index (χ2n) is 6.90. The van der Waals surface area contributed by atoms with Crippen molar-refractivity contribution in [1.29, 1.82) is 0 Å². The van der Waals surface area contributed by atoms with Gasteiger partial charge in [0.15, 0.2) is 0 Å². The Hall–Kier alpha value is -3.81. The van der Waals surface area contributed by atoms with Crippen LogP contribution in [0.2, 0.25) is 0 Å². The van der Waals surface area contributed by atoms with Gasteiger partial charge >= 0.3 is 6.18 Å². The monoisotopic (exact) mass is 425 g/mol. The molecule has 4 aromatic rings. The molecule has 4 rings (SSSR count). The van der Waals surface area contributed by atoms with Crippen molar-refractivity contribution in [1.82, 2.24) is 9.97 Å². The van der Waals surface area contributed by atoms with Gasteiger partial charge < -0.3 is 15.0 Å². The molecule has 2 N–H and O–H groups in total. The summed E-state index contributed by atoms with van der Waals surface area (Å²) in [5, 5.41) is 3.73. The number of fused-ring (bicyclic) bond motifs is 1. The highest BCUT2D eigenvalue weighted by molar-refractivity contribution is 6.08. The zero-order valence-electron chi connectivity index (χ0n) is 16.2.